The first kappa shape index (κ1) is 10.7. The number of allylic oxidation sites excluding steroid dienone is 4. The number of hydrogen-bond donors (Lipinski definition) is 0. The lowest BCUT2D eigenvalue weighted by Gasteiger charge is -2.39. The third-order valence-electron chi connectivity index (χ3n) is 5.64. The fourth-order valence-corrected chi connectivity index (χ4v) is 5.08. The minimum absolute atomic E-state index is 0.131. The molecule has 4 aliphatic carbocycles. The van der Waals surface area contributed by atoms with Gasteiger partial charge in [-0.2, -0.15) is 0 Å². The van der Waals surface area contributed by atoms with E-state index < -0.39 is 0 Å². The van der Waals surface area contributed by atoms with Crippen LogP contribution < -0.4 is 0 Å². The number of ketones is 2. The van der Waals surface area contributed by atoms with Gasteiger partial charge in [0.1, 0.15) is 0 Å². The Bertz CT molecular complexity index is 453. The Morgan fingerprint density at radius 1 is 0.722 bits per heavy atom. The number of hydrogen-bond acceptors (Lipinski definition) is 2. The molecular weight excluding hydrogens is 224 g/mol. The topological polar surface area (TPSA) is 34.1 Å². The van der Waals surface area contributed by atoms with Crippen LogP contribution in [0.15, 0.2) is 23.3 Å². The second-order valence-corrected chi connectivity index (χ2v) is 6.29. The van der Waals surface area contributed by atoms with Gasteiger partial charge in [0, 0.05) is 11.1 Å². The molecule has 0 saturated heterocycles. The maximum atomic E-state index is 12.2. The van der Waals surface area contributed by atoms with Crippen molar-refractivity contribution in [3.63, 3.8) is 0 Å². The van der Waals surface area contributed by atoms with E-state index in [2.05, 4.69) is 0 Å². The summed E-state index contributed by atoms with van der Waals surface area (Å²) in [6.07, 6.45) is 10.3. The summed E-state index contributed by atoms with van der Waals surface area (Å²) in [5.41, 5.74) is 1.85. The highest BCUT2D eigenvalue weighted by Crippen LogP contribution is 2.56. The average molecular weight is 242 g/mol. The highest BCUT2D eigenvalue weighted by molar-refractivity contribution is 6.20. The van der Waals surface area contributed by atoms with Gasteiger partial charge in [-0.05, 0) is 61.5 Å². The Balaban J connectivity index is 1.90. The van der Waals surface area contributed by atoms with Crippen LogP contribution >= 0.6 is 0 Å². The third kappa shape index (κ3) is 1.24. The predicted octanol–water partition coefficient (Wildman–Crippen LogP) is 2.84. The molecule has 18 heavy (non-hydrogen) atoms. The van der Waals surface area contributed by atoms with Crippen molar-refractivity contribution >= 4 is 11.6 Å². The molecule has 0 bridgehead atoms. The number of carbonyl (C=O) groups excluding carboxylic acids is 2. The molecular formula is C16H18O2. The predicted molar refractivity (Wildman–Crippen MR) is 67.8 cm³/mol. The fourth-order valence-electron chi connectivity index (χ4n) is 5.08. The first-order valence-electron chi connectivity index (χ1n) is 7.28. The SMILES string of the molecule is O=C1C=CC(=O)C2=C1C1CCCC1C1CCCC21. The number of rotatable bonds is 0. The molecule has 0 aliphatic heterocycles. The van der Waals surface area contributed by atoms with Crippen LogP contribution in [-0.4, -0.2) is 11.6 Å². The molecule has 4 unspecified atom stereocenters. The zero-order valence-corrected chi connectivity index (χ0v) is 10.5. The molecule has 0 aromatic rings. The van der Waals surface area contributed by atoms with Crippen LogP contribution in [0.25, 0.3) is 0 Å². The molecule has 2 heteroatoms. The van der Waals surface area contributed by atoms with Gasteiger partial charge in [0.15, 0.2) is 11.6 Å². The molecule has 0 radical (unpaired) electrons. The van der Waals surface area contributed by atoms with Gasteiger partial charge in [0.2, 0.25) is 0 Å². The molecule has 0 aromatic heterocycles. The van der Waals surface area contributed by atoms with E-state index in [-0.39, 0.29) is 11.6 Å². The quantitative estimate of drug-likeness (QED) is 0.612. The highest BCUT2D eigenvalue weighted by Gasteiger charge is 2.50. The minimum atomic E-state index is 0.131. The van der Waals surface area contributed by atoms with Crippen molar-refractivity contribution in [2.45, 2.75) is 38.5 Å². The Morgan fingerprint density at radius 2 is 1.17 bits per heavy atom. The van der Waals surface area contributed by atoms with E-state index in [1.165, 1.54) is 37.8 Å². The molecule has 4 atom stereocenters. The monoisotopic (exact) mass is 242 g/mol. The average Bonchev–Trinajstić information content (AvgIpc) is 2.99. The van der Waals surface area contributed by atoms with Crippen molar-refractivity contribution < 1.29 is 9.59 Å². The lowest BCUT2D eigenvalue weighted by Crippen LogP contribution is -2.37. The Kier molecular flexibility index (Phi) is 2.18. The molecule has 0 spiro atoms. The third-order valence-corrected chi connectivity index (χ3v) is 5.64. The first-order chi connectivity index (χ1) is 8.77. The van der Waals surface area contributed by atoms with E-state index >= 15 is 0 Å². The first-order valence-corrected chi connectivity index (χ1v) is 7.28. The molecule has 94 valence electrons. The minimum Gasteiger partial charge on any atom is -0.290 e. The van der Waals surface area contributed by atoms with E-state index in [1.54, 1.807) is 0 Å². The summed E-state index contributed by atoms with van der Waals surface area (Å²) < 4.78 is 0. The summed E-state index contributed by atoms with van der Waals surface area (Å²) in [7, 11) is 0. The van der Waals surface area contributed by atoms with Crippen LogP contribution in [0.2, 0.25) is 0 Å². The van der Waals surface area contributed by atoms with Crippen molar-refractivity contribution in [2.75, 3.05) is 0 Å². The lowest BCUT2D eigenvalue weighted by atomic mass is 9.63. The van der Waals surface area contributed by atoms with Crippen LogP contribution in [-0.2, 0) is 9.59 Å². The molecule has 4 rings (SSSR count). The summed E-state index contributed by atoms with van der Waals surface area (Å²) in [4.78, 5) is 24.4. The second-order valence-electron chi connectivity index (χ2n) is 6.29. The summed E-state index contributed by atoms with van der Waals surface area (Å²) in [6, 6.07) is 0. The molecule has 2 nitrogen and oxygen atoms in total. The highest BCUT2D eigenvalue weighted by atomic mass is 16.1. The number of fused-ring (bicyclic) bond motifs is 5. The van der Waals surface area contributed by atoms with Gasteiger partial charge in [0.25, 0.3) is 0 Å². The van der Waals surface area contributed by atoms with Gasteiger partial charge in [-0.25, -0.2) is 0 Å². The fraction of sp³-hybridized carbons (Fsp3) is 0.625. The van der Waals surface area contributed by atoms with E-state index in [1.807, 2.05) is 0 Å². The zero-order chi connectivity index (χ0) is 12.3. The molecule has 4 aliphatic rings. The summed E-state index contributed by atoms with van der Waals surface area (Å²) >= 11 is 0. The van der Waals surface area contributed by atoms with Gasteiger partial charge in [-0.15, -0.1) is 0 Å². The largest absolute Gasteiger partial charge is 0.290 e. The van der Waals surface area contributed by atoms with Crippen LogP contribution in [0.1, 0.15) is 38.5 Å². The molecule has 2 fully saturated rings. The Labute approximate surface area is 107 Å². The van der Waals surface area contributed by atoms with Crippen molar-refractivity contribution in [2.24, 2.45) is 23.7 Å². The standard InChI is InChI=1S/C16H18O2/c17-13-7-8-14(18)16-12-6-2-4-10(12)9-3-1-5-11(9)15(13)16/h7-12H,1-6H2. The van der Waals surface area contributed by atoms with Gasteiger partial charge in [-0.1, -0.05) is 12.8 Å². The maximum Gasteiger partial charge on any atom is 0.182 e. The van der Waals surface area contributed by atoms with Crippen molar-refractivity contribution in [1.82, 2.24) is 0 Å². The molecule has 0 aromatic carbocycles. The van der Waals surface area contributed by atoms with E-state index in [0.717, 1.165) is 24.0 Å². The molecule has 2 saturated carbocycles. The van der Waals surface area contributed by atoms with Crippen molar-refractivity contribution in [1.29, 1.82) is 0 Å². The van der Waals surface area contributed by atoms with Gasteiger partial charge >= 0.3 is 0 Å². The summed E-state index contributed by atoms with van der Waals surface area (Å²) in [5, 5.41) is 0. The van der Waals surface area contributed by atoms with Crippen LogP contribution in [0.4, 0.5) is 0 Å². The second kappa shape index (κ2) is 3.66. The van der Waals surface area contributed by atoms with Crippen molar-refractivity contribution in [3.8, 4) is 0 Å². The van der Waals surface area contributed by atoms with E-state index in [9.17, 15) is 9.59 Å². The maximum absolute atomic E-state index is 12.2. The molecule has 0 amide bonds. The van der Waals surface area contributed by atoms with Crippen LogP contribution in [0, 0.1) is 23.7 Å². The van der Waals surface area contributed by atoms with Crippen molar-refractivity contribution in [3.05, 3.63) is 23.3 Å². The van der Waals surface area contributed by atoms with E-state index in [4.69, 9.17) is 0 Å². The number of carbonyl (C=O) groups is 2. The molecule has 0 N–H and O–H groups in total. The van der Waals surface area contributed by atoms with Gasteiger partial charge < -0.3 is 0 Å². The van der Waals surface area contributed by atoms with E-state index in [0.29, 0.717) is 23.7 Å². The smallest absolute Gasteiger partial charge is 0.182 e. The summed E-state index contributed by atoms with van der Waals surface area (Å²) in [6.45, 7) is 0. The zero-order valence-electron chi connectivity index (χ0n) is 10.5. The Morgan fingerprint density at radius 3 is 1.61 bits per heavy atom. The Hall–Kier alpha value is -1.18. The van der Waals surface area contributed by atoms with Crippen LogP contribution in [0.5, 0.6) is 0 Å². The molecule has 0 heterocycles. The lowest BCUT2D eigenvalue weighted by molar-refractivity contribution is -0.116. The normalized spacial score (nSPS) is 42.0. The van der Waals surface area contributed by atoms with Gasteiger partial charge in [-0.3, -0.25) is 9.59 Å². The van der Waals surface area contributed by atoms with Crippen LogP contribution in [0.3, 0.4) is 0 Å². The van der Waals surface area contributed by atoms with Gasteiger partial charge in [0.05, 0.1) is 0 Å². The summed E-state index contributed by atoms with van der Waals surface area (Å²) in [5.74, 6) is 2.46.